The minimum absolute atomic E-state index is 0.952. The molecular weight excluding hydrogens is 288 g/mol. The van der Waals surface area contributed by atoms with Gasteiger partial charge in [-0.25, -0.2) is 0 Å². The molecule has 0 aliphatic heterocycles. The van der Waals surface area contributed by atoms with E-state index < -0.39 is 0 Å². The molecule has 3 aliphatic carbocycles. The molecule has 3 aliphatic rings. The molecule has 0 saturated heterocycles. The summed E-state index contributed by atoms with van der Waals surface area (Å²) in [4.78, 5) is 0. The summed E-state index contributed by atoms with van der Waals surface area (Å²) >= 11 is 0. The van der Waals surface area contributed by atoms with Gasteiger partial charge in [-0.2, -0.15) is 0 Å². The molecule has 0 heterocycles. The number of fused-ring (bicyclic) bond motifs is 3. The van der Waals surface area contributed by atoms with Crippen LogP contribution in [0, 0.1) is 35.5 Å². The first-order valence-electron chi connectivity index (χ1n) is 11.4. The number of allylic oxidation sites excluding steroid dienone is 2. The van der Waals surface area contributed by atoms with Crippen LogP contribution in [-0.4, -0.2) is 0 Å². The second-order valence-corrected chi connectivity index (χ2v) is 7.46. The summed E-state index contributed by atoms with van der Waals surface area (Å²) in [5.41, 5.74) is 1.86. The molecule has 0 amide bonds. The summed E-state index contributed by atoms with van der Waals surface area (Å²) in [5.74, 6) is 6.02. The molecule has 0 N–H and O–H groups in total. The van der Waals surface area contributed by atoms with Gasteiger partial charge < -0.3 is 0 Å². The molecular formula is C24H48. The van der Waals surface area contributed by atoms with Gasteiger partial charge in [-0.05, 0) is 67.6 Å². The van der Waals surface area contributed by atoms with Gasteiger partial charge in [0.15, 0.2) is 0 Å². The van der Waals surface area contributed by atoms with Gasteiger partial charge in [0.05, 0.1) is 0 Å². The van der Waals surface area contributed by atoms with Crippen LogP contribution < -0.4 is 0 Å². The lowest BCUT2D eigenvalue weighted by atomic mass is 9.55. The molecule has 0 bridgehead atoms. The largest absolute Gasteiger partial charge is 0.0847 e. The summed E-state index contributed by atoms with van der Waals surface area (Å²) in [7, 11) is 0. The molecule has 0 aromatic heterocycles. The van der Waals surface area contributed by atoms with Gasteiger partial charge in [0.2, 0.25) is 0 Å². The first kappa shape index (κ1) is 23.7. The minimum Gasteiger partial charge on any atom is -0.0847 e. The highest BCUT2D eigenvalue weighted by Crippen LogP contribution is 2.53. The molecule has 2 fully saturated rings. The van der Waals surface area contributed by atoms with Crippen molar-refractivity contribution >= 4 is 0 Å². The standard InChI is InChI=1S/C18H30.3C2H6/c1-4-15-13(3)6-9-18-16-8-5-12(2)11-14(16)7-10-17(15)18;3*1-2/h7,12-13,15-18H,4-6,8-11H2,1-3H3;3*1-2H3. The van der Waals surface area contributed by atoms with Gasteiger partial charge in [-0.1, -0.05) is 86.8 Å². The van der Waals surface area contributed by atoms with Crippen molar-refractivity contribution in [3.63, 3.8) is 0 Å². The van der Waals surface area contributed by atoms with Crippen molar-refractivity contribution in [2.75, 3.05) is 0 Å². The van der Waals surface area contributed by atoms with Crippen LogP contribution in [-0.2, 0) is 0 Å². The van der Waals surface area contributed by atoms with E-state index in [1.807, 2.05) is 47.1 Å². The predicted molar refractivity (Wildman–Crippen MR) is 112 cm³/mol. The fraction of sp³-hybridized carbons (Fsp3) is 0.917. The van der Waals surface area contributed by atoms with Gasteiger partial charge >= 0.3 is 0 Å². The van der Waals surface area contributed by atoms with E-state index in [0.29, 0.717) is 0 Å². The Bertz CT molecular complexity index is 327. The van der Waals surface area contributed by atoms with Crippen molar-refractivity contribution < 1.29 is 0 Å². The first-order chi connectivity index (χ1) is 11.7. The molecule has 0 heteroatoms. The van der Waals surface area contributed by atoms with Gasteiger partial charge in [0.1, 0.15) is 0 Å². The van der Waals surface area contributed by atoms with Crippen LogP contribution in [0.25, 0.3) is 0 Å². The highest BCUT2D eigenvalue weighted by molar-refractivity contribution is 5.17. The lowest BCUT2D eigenvalue weighted by molar-refractivity contribution is 0.0483. The number of hydrogen-bond acceptors (Lipinski definition) is 0. The van der Waals surface area contributed by atoms with E-state index in [1.54, 1.807) is 0 Å². The zero-order chi connectivity index (χ0) is 18.7. The average Bonchev–Trinajstić information content (AvgIpc) is 2.66. The summed E-state index contributed by atoms with van der Waals surface area (Å²) in [6, 6.07) is 0. The Morgan fingerprint density at radius 1 is 0.833 bits per heavy atom. The van der Waals surface area contributed by atoms with Crippen LogP contribution in [0.4, 0.5) is 0 Å². The molecule has 2 saturated carbocycles. The normalized spacial score (nSPS) is 36.8. The van der Waals surface area contributed by atoms with Crippen molar-refractivity contribution in [3.8, 4) is 0 Å². The Balaban J connectivity index is 0.000000798. The van der Waals surface area contributed by atoms with Crippen LogP contribution >= 0.6 is 0 Å². The Morgan fingerprint density at radius 3 is 2.04 bits per heavy atom. The highest BCUT2D eigenvalue weighted by Gasteiger charge is 2.43. The van der Waals surface area contributed by atoms with Crippen LogP contribution in [0.15, 0.2) is 11.6 Å². The SMILES string of the molecule is CC.CC.CC.CCC1C(C)CCC2C3CCC(C)CC3=CCC12. The molecule has 0 aromatic rings. The van der Waals surface area contributed by atoms with E-state index in [4.69, 9.17) is 0 Å². The number of rotatable bonds is 1. The van der Waals surface area contributed by atoms with Gasteiger partial charge in [-0.3, -0.25) is 0 Å². The fourth-order valence-corrected chi connectivity index (χ4v) is 5.49. The lowest BCUT2D eigenvalue weighted by Crippen LogP contribution is -2.40. The molecule has 6 unspecified atom stereocenters. The topological polar surface area (TPSA) is 0 Å². The Hall–Kier alpha value is -0.260. The average molecular weight is 337 g/mol. The van der Waals surface area contributed by atoms with E-state index >= 15 is 0 Å². The third kappa shape index (κ3) is 5.63. The third-order valence-corrected chi connectivity index (χ3v) is 6.46. The fourth-order valence-electron chi connectivity index (χ4n) is 5.49. The Kier molecular flexibility index (Phi) is 12.9. The molecule has 0 radical (unpaired) electrons. The maximum absolute atomic E-state index is 2.67. The van der Waals surface area contributed by atoms with Crippen LogP contribution in [0.2, 0.25) is 0 Å². The second-order valence-electron chi connectivity index (χ2n) is 7.46. The molecule has 6 atom stereocenters. The zero-order valence-electron chi connectivity index (χ0n) is 18.5. The molecule has 24 heavy (non-hydrogen) atoms. The molecule has 144 valence electrons. The predicted octanol–water partition coefficient (Wildman–Crippen LogP) is 8.52. The van der Waals surface area contributed by atoms with Gasteiger partial charge in [-0.15, -0.1) is 0 Å². The van der Waals surface area contributed by atoms with Crippen molar-refractivity contribution in [3.05, 3.63) is 11.6 Å². The summed E-state index contributed by atoms with van der Waals surface area (Å²) < 4.78 is 0. The highest BCUT2D eigenvalue weighted by atomic mass is 14.5. The first-order valence-corrected chi connectivity index (χ1v) is 11.4. The maximum Gasteiger partial charge on any atom is -0.0172 e. The smallest absolute Gasteiger partial charge is 0.0172 e. The van der Waals surface area contributed by atoms with Crippen LogP contribution in [0.5, 0.6) is 0 Å². The lowest BCUT2D eigenvalue weighted by Gasteiger charge is -2.50. The van der Waals surface area contributed by atoms with Crippen molar-refractivity contribution in [1.82, 2.24) is 0 Å². The summed E-state index contributed by atoms with van der Waals surface area (Å²) in [6.45, 7) is 19.4. The van der Waals surface area contributed by atoms with E-state index in [1.165, 1.54) is 44.9 Å². The molecule has 0 spiro atoms. The molecule has 0 nitrogen and oxygen atoms in total. The van der Waals surface area contributed by atoms with Crippen molar-refractivity contribution in [2.24, 2.45) is 35.5 Å². The zero-order valence-corrected chi connectivity index (χ0v) is 18.5. The van der Waals surface area contributed by atoms with E-state index in [-0.39, 0.29) is 0 Å². The molecule has 0 aromatic carbocycles. The quantitative estimate of drug-likeness (QED) is 0.421. The Morgan fingerprint density at radius 2 is 1.46 bits per heavy atom. The van der Waals surface area contributed by atoms with Crippen LogP contribution in [0.1, 0.15) is 107 Å². The van der Waals surface area contributed by atoms with Crippen LogP contribution in [0.3, 0.4) is 0 Å². The summed E-state index contributed by atoms with van der Waals surface area (Å²) in [5, 5.41) is 0. The van der Waals surface area contributed by atoms with E-state index in [9.17, 15) is 0 Å². The number of hydrogen-bond donors (Lipinski definition) is 0. The van der Waals surface area contributed by atoms with Gasteiger partial charge in [0, 0.05) is 0 Å². The Labute approximate surface area is 154 Å². The van der Waals surface area contributed by atoms with Crippen molar-refractivity contribution in [1.29, 1.82) is 0 Å². The maximum atomic E-state index is 2.67. The third-order valence-electron chi connectivity index (χ3n) is 6.46. The minimum atomic E-state index is 0.952. The van der Waals surface area contributed by atoms with Crippen molar-refractivity contribution in [2.45, 2.75) is 107 Å². The second kappa shape index (κ2) is 13.0. The van der Waals surface area contributed by atoms with E-state index in [0.717, 1.165) is 35.5 Å². The van der Waals surface area contributed by atoms with E-state index in [2.05, 4.69) is 26.8 Å². The molecule has 3 rings (SSSR count). The monoisotopic (exact) mass is 336 g/mol. The van der Waals surface area contributed by atoms with Gasteiger partial charge in [0.25, 0.3) is 0 Å². The summed E-state index contributed by atoms with van der Waals surface area (Å²) in [6.07, 6.45) is 12.9.